The van der Waals surface area contributed by atoms with Crippen LogP contribution in [0, 0.1) is 0 Å². The number of unbranched alkanes of at least 4 members (excludes halogenated alkanes) is 1. The van der Waals surface area contributed by atoms with Crippen molar-refractivity contribution >= 4 is 33.2 Å². The molecule has 0 saturated heterocycles. The summed E-state index contributed by atoms with van der Waals surface area (Å²) < 4.78 is 2.50. The smallest absolute Gasteiger partial charge is 0.0491 e. The molecule has 0 atom stereocenters. The number of nitrogens with one attached hydrogen (secondary N) is 2. The summed E-state index contributed by atoms with van der Waals surface area (Å²) in [5, 5.41) is 9.16. The van der Waals surface area contributed by atoms with Crippen molar-refractivity contribution in [3.8, 4) is 0 Å². The Bertz CT molecular complexity index is 1350. The second-order valence-corrected chi connectivity index (χ2v) is 8.98. The van der Waals surface area contributed by atoms with E-state index in [2.05, 4.69) is 113 Å². The Morgan fingerprint density at radius 3 is 1.79 bits per heavy atom. The summed E-state index contributed by atoms with van der Waals surface area (Å²) in [7, 11) is 3.93. The predicted octanol–water partition coefficient (Wildman–Crippen LogP) is 7.86. The molecule has 0 amide bonds. The van der Waals surface area contributed by atoms with Crippen molar-refractivity contribution in [2.45, 2.75) is 32.2 Å². The minimum absolute atomic E-state index is 0.166. The van der Waals surface area contributed by atoms with Crippen LogP contribution in [0.5, 0.6) is 0 Å². The number of hydrogen-bond acceptors (Lipinski definition) is 2. The molecule has 172 valence electrons. The van der Waals surface area contributed by atoms with Gasteiger partial charge in [0, 0.05) is 59.7 Å². The number of benzene rings is 4. The van der Waals surface area contributed by atoms with Crippen LogP contribution in [0.3, 0.4) is 0 Å². The van der Waals surface area contributed by atoms with Gasteiger partial charge in [0.2, 0.25) is 0 Å². The summed E-state index contributed by atoms with van der Waals surface area (Å²) in [6.07, 6.45) is 2.38. The molecule has 0 saturated carbocycles. The Kier molecular flexibility index (Phi) is 6.27. The molecule has 2 N–H and O–H groups in total. The summed E-state index contributed by atoms with van der Waals surface area (Å²) in [6.45, 7) is 3.31. The molecule has 0 fully saturated rings. The molecular weight excluding hydrogens is 414 g/mol. The van der Waals surface area contributed by atoms with Crippen LogP contribution in [-0.2, 0) is 6.54 Å². The van der Waals surface area contributed by atoms with Crippen LogP contribution in [0.15, 0.2) is 91.0 Å². The Balaban J connectivity index is 1.69. The van der Waals surface area contributed by atoms with E-state index in [0.29, 0.717) is 0 Å². The maximum atomic E-state index is 3.24. The van der Waals surface area contributed by atoms with Crippen LogP contribution in [-0.4, -0.2) is 18.7 Å². The highest BCUT2D eigenvalue weighted by Gasteiger charge is 2.19. The lowest BCUT2D eigenvalue weighted by molar-refractivity contribution is 0.665. The van der Waals surface area contributed by atoms with E-state index < -0.39 is 0 Å². The molecule has 0 spiro atoms. The van der Waals surface area contributed by atoms with Crippen LogP contribution in [0.1, 0.15) is 42.4 Å². The zero-order chi connectivity index (χ0) is 23.5. The Hall–Kier alpha value is -3.72. The molecule has 0 bridgehead atoms. The molecule has 3 nitrogen and oxygen atoms in total. The number of anilines is 2. The fourth-order valence-electron chi connectivity index (χ4n) is 5.07. The van der Waals surface area contributed by atoms with Crippen molar-refractivity contribution in [2.24, 2.45) is 0 Å². The van der Waals surface area contributed by atoms with Crippen molar-refractivity contribution in [1.82, 2.24) is 4.57 Å². The molecule has 1 heterocycles. The summed E-state index contributed by atoms with van der Waals surface area (Å²) in [5.74, 6) is 0.166. The number of fused-ring (bicyclic) bond motifs is 3. The molecule has 5 rings (SSSR count). The molecule has 34 heavy (non-hydrogen) atoms. The number of aryl methyl sites for hydroxylation is 1. The van der Waals surface area contributed by atoms with Crippen molar-refractivity contribution < 1.29 is 0 Å². The first-order valence-corrected chi connectivity index (χ1v) is 12.3. The molecule has 3 heteroatoms. The van der Waals surface area contributed by atoms with E-state index in [1.54, 1.807) is 0 Å². The molecule has 0 aliphatic carbocycles. The zero-order valence-corrected chi connectivity index (χ0v) is 20.3. The first kappa shape index (κ1) is 22.1. The third kappa shape index (κ3) is 4.03. The van der Waals surface area contributed by atoms with Gasteiger partial charge in [-0.1, -0.05) is 61.9 Å². The van der Waals surface area contributed by atoms with Crippen molar-refractivity contribution in [2.75, 3.05) is 24.7 Å². The largest absolute Gasteiger partial charge is 0.388 e. The minimum Gasteiger partial charge on any atom is -0.388 e. The summed E-state index contributed by atoms with van der Waals surface area (Å²) in [4.78, 5) is 0. The predicted molar refractivity (Wildman–Crippen MR) is 147 cm³/mol. The van der Waals surface area contributed by atoms with Crippen LogP contribution in [0.4, 0.5) is 11.4 Å². The monoisotopic (exact) mass is 447 g/mol. The average Bonchev–Trinajstić information content (AvgIpc) is 3.21. The van der Waals surface area contributed by atoms with E-state index in [4.69, 9.17) is 0 Å². The van der Waals surface area contributed by atoms with Gasteiger partial charge < -0.3 is 15.2 Å². The van der Waals surface area contributed by atoms with Gasteiger partial charge in [-0.05, 0) is 65.6 Å². The maximum Gasteiger partial charge on any atom is 0.0491 e. The first-order chi connectivity index (χ1) is 16.7. The second kappa shape index (κ2) is 9.64. The van der Waals surface area contributed by atoms with Crippen molar-refractivity contribution in [3.05, 3.63) is 108 Å². The fraction of sp³-hybridized carbons (Fsp3) is 0.226. The lowest BCUT2D eigenvalue weighted by Crippen LogP contribution is -2.04. The van der Waals surface area contributed by atoms with Gasteiger partial charge in [-0.15, -0.1) is 0 Å². The third-order valence-electron chi connectivity index (χ3n) is 6.93. The number of para-hydroxylation sites is 1. The van der Waals surface area contributed by atoms with Crippen LogP contribution in [0.25, 0.3) is 21.8 Å². The van der Waals surface area contributed by atoms with Gasteiger partial charge in [-0.2, -0.15) is 0 Å². The molecule has 0 radical (unpaired) electrons. The van der Waals surface area contributed by atoms with Gasteiger partial charge in [0.05, 0.1) is 0 Å². The van der Waals surface area contributed by atoms with E-state index >= 15 is 0 Å². The second-order valence-electron chi connectivity index (χ2n) is 8.98. The zero-order valence-electron chi connectivity index (χ0n) is 20.3. The summed E-state index contributed by atoms with van der Waals surface area (Å²) in [5.41, 5.74) is 8.82. The Labute approximate surface area is 202 Å². The van der Waals surface area contributed by atoms with Crippen molar-refractivity contribution in [1.29, 1.82) is 0 Å². The third-order valence-corrected chi connectivity index (χ3v) is 6.93. The van der Waals surface area contributed by atoms with Crippen LogP contribution in [0.2, 0.25) is 0 Å². The summed E-state index contributed by atoms with van der Waals surface area (Å²) in [6, 6.07) is 33.6. The molecule has 4 aromatic carbocycles. The van der Waals surface area contributed by atoms with Gasteiger partial charge in [-0.25, -0.2) is 0 Å². The molecule has 0 aliphatic rings. The standard InChI is InChI=1S/C31H33N3/c1-4-5-20-34-29-9-7-6-8-27(29)28-21-24(14-19-30(28)34)31(22-10-15-25(32-2)16-11-22)23-12-17-26(33-3)18-13-23/h6-19,21,31-33H,4-5,20H2,1-3H3. The highest BCUT2D eigenvalue weighted by molar-refractivity contribution is 6.08. The highest BCUT2D eigenvalue weighted by atomic mass is 15.0. The van der Waals surface area contributed by atoms with Crippen LogP contribution >= 0.6 is 0 Å². The Morgan fingerprint density at radius 1 is 0.647 bits per heavy atom. The molecule has 5 aromatic rings. The van der Waals surface area contributed by atoms with E-state index in [1.807, 2.05) is 14.1 Å². The molecule has 1 aromatic heterocycles. The van der Waals surface area contributed by atoms with Gasteiger partial charge in [0.25, 0.3) is 0 Å². The Morgan fingerprint density at radius 2 is 1.21 bits per heavy atom. The first-order valence-electron chi connectivity index (χ1n) is 12.3. The lowest BCUT2D eigenvalue weighted by Gasteiger charge is -2.20. The van der Waals surface area contributed by atoms with E-state index in [1.165, 1.54) is 51.3 Å². The minimum atomic E-state index is 0.166. The van der Waals surface area contributed by atoms with Gasteiger partial charge >= 0.3 is 0 Å². The van der Waals surface area contributed by atoms with E-state index in [0.717, 1.165) is 17.9 Å². The van der Waals surface area contributed by atoms with Crippen LogP contribution < -0.4 is 10.6 Å². The number of nitrogens with zero attached hydrogens (tertiary/aromatic N) is 1. The average molecular weight is 448 g/mol. The molecule has 0 aliphatic heterocycles. The number of rotatable bonds is 8. The van der Waals surface area contributed by atoms with E-state index in [9.17, 15) is 0 Å². The lowest BCUT2D eigenvalue weighted by atomic mass is 9.84. The fourth-order valence-corrected chi connectivity index (χ4v) is 5.07. The molecule has 0 unspecified atom stereocenters. The number of hydrogen-bond donors (Lipinski definition) is 2. The van der Waals surface area contributed by atoms with Gasteiger partial charge in [0.1, 0.15) is 0 Å². The maximum absolute atomic E-state index is 3.24. The van der Waals surface area contributed by atoms with Gasteiger partial charge in [0.15, 0.2) is 0 Å². The highest BCUT2D eigenvalue weighted by Crippen LogP contribution is 2.37. The number of aromatic nitrogens is 1. The molecular formula is C31H33N3. The van der Waals surface area contributed by atoms with Crippen molar-refractivity contribution in [3.63, 3.8) is 0 Å². The topological polar surface area (TPSA) is 29.0 Å². The normalized spacial score (nSPS) is 11.4. The van der Waals surface area contributed by atoms with E-state index in [-0.39, 0.29) is 5.92 Å². The van der Waals surface area contributed by atoms with Gasteiger partial charge in [-0.3, -0.25) is 0 Å². The SMILES string of the molecule is CCCCn1c2ccccc2c2cc(C(c3ccc(NC)cc3)c3ccc(NC)cc3)ccc21. The summed E-state index contributed by atoms with van der Waals surface area (Å²) >= 11 is 0. The quantitative estimate of drug-likeness (QED) is 0.237.